The molecule has 0 saturated carbocycles. The first-order valence-electron chi connectivity index (χ1n) is 7.02. The smallest absolute Gasteiger partial charge is 0.251 e. The summed E-state index contributed by atoms with van der Waals surface area (Å²) in [5, 5.41) is 13.2. The van der Waals surface area contributed by atoms with Gasteiger partial charge in [-0.25, -0.2) is 0 Å². The van der Waals surface area contributed by atoms with E-state index in [1.165, 1.54) is 0 Å². The minimum Gasteiger partial charge on any atom is -0.384 e. The Bertz CT molecular complexity index is 597. The molecule has 0 spiro atoms. The van der Waals surface area contributed by atoms with Gasteiger partial charge in [-0.05, 0) is 44.0 Å². The van der Waals surface area contributed by atoms with Crippen LogP contribution in [0.5, 0.6) is 0 Å². The summed E-state index contributed by atoms with van der Waals surface area (Å²) in [4.78, 5) is 12.0. The van der Waals surface area contributed by atoms with E-state index in [1.807, 2.05) is 51.1 Å². The number of hydrogen-bond acceptors (Lipinski definition) is 2. The Balaban J connectivity index is 2.14. The monoisotopic (exact) mass is 283 g/mol. The van der Waals surface area contributed by atoms with Crippen molar-refractivity contribution >= 4 is 5.91 Å². The van der Waals surface area contributed by atoms with Crippen LogP contribution < -0.4 is 5.32 Å². The second kappa shape index (κ2) is 6.10. The molecule has 0 aliphatic heterocycles. The number of carbonyl (C=O) groups is 1. The van der Waals surface area contributed by atoms with E-state index < -0.39 is 6.10 Å². The van der Waals surface area contributed by atoms with Gasteiger partial charge in [0.25, 0.3) is 5.91 Å². The molecule has 3 heteroatoms. The molecular formula is C18H21NO2. The number of hydrogen-bond donors (Lipinski definition) is 2. The second-order valence-corrected chi connectivity index (χ2v) is 6.14. The molecule has 2 aromatic carbocycles. The Morgan fingerprint density at radius 1 is 0.952 bits per heavy atom. The van der Waals surface area contributed by atoms with Gasteiger partial charge in [0.15, 0.2) is 0 Å². The van der Waals surface area contributed by atoms with Crippen molar-refractivity contribution in [1.82, 2.24) is 5.32 Å². The Morgan fingerprint density at radius 3 is 2.00 bits per heavy atom. The molecule has 0 aliphatic carbocycles. The van der Waals surface area contributed by atoms with Crippen molar-refractivity contribution in [2.75, 3.05) is 0 Å². The topological polar surface area (TPSA) is 49.3 Å². The fourth-order valence-corrected chi connectivity index (χ4v) is 2.06. The maximum Gasteiger partial charge on any atom is 0.251 e. The summed E-state index contributed by atoms with van der Waals surface area (Å²) in [6.07, 6.45) is -0.675. The van der Waals surface area contributed by atoms with Gasteiger partial charge < -0.3 is 10.4 Å². The van der Waals surface area contributed by atoms with Gasteiger partial charge in [0, 0.05) is 11.1 Å². The van der Waals surface area contributed by atoms with Crippen molar-refractivity contribution in [2.45, 2.75) is 32.4 Å². The van der Waals surface area contributed by atoms with Gasteiger partial charge in [-0.3, -0.25) is 4.79 Å². The third kappa shape index (κ3) is 4.17. The quantitative estimate of drug-likeness (QED) is 0.908. The average Bonchev–Trinajstić information content (AvgIpc) is 2.46. The molecule has 0 heterocycles. The summed E-state index contributed by atoms with van der Waals surface area (Å²) in [6, 6.07) is 16.5. The van der Waals surface area contributed by atoms with E-state index in [-0.39, 0.29) is 11.4 Å². The summed E-state index contributed by atoms with van der Waals surface area (Å²) in [5.74, 6) is -0.108. The molecule has 3 nitrogen and oxygen atoms in total. The van der Waals surface area contributed by atoms with E-state index in [1.54, 1.807) is 24.3 Å². The second-order valence-electron chi connectivity index (χ2n) is 6.14. The van der Waals surface area contributed by atoms with Crippen LogP contribution in [0, 0.1) is 0 Å². The molecule has 0 bridgehead atoms. The molecule has 0 saturated heterocycles. The molecule has 2 aromatic rings. The van der Waals surface area contributed by atoms with Gasteiger partial charge in [0.05, 0.1) is 0 Å². The first kappa shape index (κ1) is 15.3. The van der Waals surface area contributed by atoms with E-state index in [9.17, 15) is 9.90 Å². The zero-order chi connectivity index (χ0) is 15.5. The summed E-state index contributed by atoms with van der Waals surface area (Å²) in [5.41, 5.74) is 1.94. The molecule has 0 aromatic heterocycles. The predicted octanol–water partition coefficient (Wildman–Crippen LogP) is 3.30. The van der Waals surface area contributed by atoms with Gasteiger partial charge in [-0.1, -0.05) is 42.5 Å². The van der Waals surface area contributed by atoms with Gasteiger partial charge in [-0.2, -0.15) is 0 Å². The van der Waals surface area contributed by atoms with Crippen LogP contribution in [0.2, 0.25) is 0 Å². The highest BCUT2D eigenvalue weighted by molar-refractivity contribution is 5.94. The zero-order valence-corrected chi connectivity index (χ0v) is 12.6. The number of rotatable bonds is 3. The minimum absolute atomic E-state index is 0.108. The molecule has 1 unspecified atom stereocenters. The minimum atomic E-state index is -0.675. The first-order valence-corrected chi connectivity index (χ1v) is 7.02. The third-order valence-corrected chi connectivity index (χ3v) is 3.09. The van der Waals surface area contributed by atoms with Gasteiger partial charge in [-0.15, -0.1) is 0 Å². The van der Waals surface area contributed by atoms with E-state index >= 15 is 0 Å². The zero-order valence-electron chi connectivity index (χ0n) is 12.6. The third-order valence-electron chi connectivity index (χ3n) is 3.09. The van der Waals surface area contributed by atoms with Crippen molar-refractivity contribution in [2.24, 2.45) is 0 Å². The maximum absolute atomic E-state index is 12.0. The fraction of sp³-hybridized carbons (Fsp3) is 0.278. The first-order chi connectivity index (χ1) is 9.87. The molecule has 1 amide bonds. The van der Waals surface area contributed by atoms with Crippen molar-refractivity contribution < 1.29 is 9.90 Å². The van der Waals surface area contributed by atoms with Crippen LogP contribution in [0.3, 0.4) is 0 Å². The van der Waals surface area contributed by atoms with Crippen molar-refractivity contribution in [3.8, 4) is 0 Å². The van der Waals surface area contributed by atoms with E-state index in [0.29, 0.717) is 5.56 Å². The van der Waals surface area contributed by atoms with Crippen molar-refractivity contribution in [1.29, 1.82) is 0 Å². The molecule has 2 N–H and O–H groups in total. The molecule has 0 aliphatic rings. The van der Waals surface area contributed by atoms with Crippen LogP contribution in [0.1, 0.15) is 48.4 Å². The number of amides is 1. The lowest BCUT2D eigenvalue weighted by atomic mass is 10.00. The highest BCUT2D eigenvalue weighted by Crippen LogP contribution is 2.21. The molecule has 1 atom stereocenters. The highest BCUT2D eigenvalue weighted by Gasteiger charge is 2.16. The summed E-state index contributed by atoms with van der Waals surface area (Å²) >= 11 is 0. The number of benzene rings is 2. The number of nitrogens with one attached hydrogen (secondary N) is 1. The van der Waals surface area contributed by atoms with Crippen molar-refractivity contribution in [3.63, 3.8) is 0 Å². The van der Waals surface area contributed by atoms with Crippen LogP contribution in [0.25, 0.3) is 0 Å². The lowest BCUT2D eigenvalue weighted by molar-refractivity contribution is 0.0919. The number of aliphatic hydroxyl groups is 1. The van der Waals surface area contributed by atoms with Crippen LogP contribution in [0.4, 0.5) is 0 Å². The van der Waals surface area contributed by atoms with Crippen LogP contribution in [-0.4, -0.2) is 16.6 Å². The van der Waals surface area contributed by atoms with Gasteiger partial charge in [0.2, 0.25) is 0 Å². The Kier molecular flexibility index (Phi) is 4.43. The summed E-state index contributed by atoms with van der Waals surface area (Å²) in [6.45, 7) is 5.83. The molecule has 2 rings (SSSR count). The average molecular weight is 283 g/mol. The number of aliphatic hydroxyl groups excluding tert-OH is 1. The largest absolute Gasteiger partial charge is 0.384 e. The SMILES string of the molecule is CC(C)(C)NC(=O)c1ccc(C(O)c2ccccc2)cc1. The van der Waals surface area contributed by atoms with Crippen LogP contribution >= 0.6 is 0 Å². The highest BCUT2D eigenvalue weighted by atomic mass is 16.3. The standard InChI is InChI=1S/C18H21NO2/c1-18(2,3)19-17(21)15-11-9-14(10-12-15)16(20)13-7-5-4-6-8-13/h4-12,16,20H,1-3H3,(H,19,21). The summed E-state index contributed by atoms with van der Waals surface area (Å²) < 4.78 is 0. The Hall–Kier alpha value is -2.13. The normalized spacial score (nSPS) is 12.8. The Morgan fingerprint density at radius 2 is 1.48 bits per heavy atom. The fourth-order valence-electron chi connectivity index (χ4n) is 2.06. The lowest BCUT2D eigenvalue weighted by Gasteiger charge is -2.20. The molecule has 21 heavy (non-hydrogen) atoms. The van der Waals surface area contributed by atoms with Crippen molar-refractivity contribution in [3.05, 3.63) is 71.3 Å². The van der Waals surface area contributed by atoms with Gasteiger partial charge >= 0.3 is 0 Å². The predicted molar refractivity (Wildman–Crippen MR) is 84.2 cm³/mol. The molecule has 110 valence electrons. The maximum atomic E-state index is 12.0. The molecule has 0 radical (unpaired) electrons. The van der Waals surface area contributed by atoms with E-state index in [2.05, 4.69) is 5.32 Å². The van der Waals surface area contributed by atoms with E-state index in [0.717, 1.165) is 11.1 Å². The van der Waals surface area contributed by atoms with E-state index in [4.69, 9.17) is 0 Å². The molecule has 0 fully saturated rings. The number of carbonyl (C=O) groups excluding carboxylic acids is 1. The molecular weight excluding hydrogens is 262 g/mol. The Labute approximate surface area is 125 Å². The summed E-state index contributed by atoms with van der Waals surface area (Å²) in [7, 11) is 0. The van der Waals surface area contributed by atoms with Crippen LogP contribution in [0.15, 0.2) is 54.6 Å². The van der Waals surface area contributed by atoms with Crippen LogP contribution in [-0.2, 0) is 0 Å². The van der Waals surface area contributed by atoms with Gasteiger partial charge in [0.1, 0.15) is 6.10 Å². The lowest BCUT2D eigenvalue weighted by Crippen LogP contribution is -2.40.